The highest BCUT2D eigenvalue weighted by Crippen LogP contribution is 2.19. The molecule has 0 atom stereocenters. The first-order chi connectivity index (χ1) is 10.5. The number of rotatable bonds is 5. The smallest absolute Gasteiger partial charge is 0.257 e. The van der Waals surface area contributed by atoms with E-state index in [-0.39, 0.29) is 11.5 Å². The van der Waals surface area contributed by atoms with Crippen LogP contribution in [0.25, 0.3) is 0 Å². The first kappa shape index (κ1) is 16.5. The average Bonchev–Trinajstić information content (AvgIpc) is 2.54. The van der Waals surface area contributed by atoms with Gasteiger partial charge in [0.1, 0.15) is 11.6 Å². The van der Waals surface area contributed by atoms with Gasteiger partial charge in [-0.3, -0.25) is 4.79 Å². The van der Waals surface area contributed by atoms with E-state index in [1.807, 2.05) is 31.2 Å². The van der Waals surface area contributed by atoms with Crippen LogP contribution in [0.4, 0.5) is 4.39 Å². The molecule has 0 aliphatic carbocycles. The summed E-state index contributed by atoms with van der Waals surface area (Å²) in [5, 5.41) is 0. The van der Waals surface area contributed by atoms with Crippen molar-refractivity contribution >= 4 is 21.8 Å². The minimum Gasteiger partial charge on any atom is -0.497 e. The Morgan fingerprint density at radius 1 is 1.23 bits per heavy atom. The molecular formula is C17H17BrFNO2. The molecule has 5 heteroatoms. The molecule has 0 radical (unpaired) electrons. The van der Waals surface area contributed by atoms with E-state index in [2.05, 4.69) is 15.9 Å². The van der Waals surface area contributed by atoms with Crippen molar-refractivity contribution in [1.29, 1.82) is 0 Å². The fourth-order valence-corrected chi connectivity index (χ4v) is 2.47. The van der Waals surface area contributed by atoms with Crippen molar-refractivity contribution in [2.45, 2.75) is 13.5 Å². The quantitative estimate of drug-likeness (QED) is 0.792. The number of carbonyl (C=O) groups excluding carboxylic acids is 1. The third kappa shape index (κ3) is 3.85. The monoisotopic (exact) mass is 365 g/mol. The van der Waals surface area contributed by atoms with Gasteiger partial charge in [0, 0.05) is 17.6 Å². The number of amides is 1. The molecule has 0 aromatic heterocycles. The third-order valence-electron chi connectivity index (χ3n) is 3.36. The van der Waals surface area contributed by atoms with Gasteiger partial charge < -0.3 is 9.64 Å². The molecule has 0 unspecified atom stereocenters. The molecule has 22 heavy (non-hydrogen) atoms. The highest BCUT2D eigenvalue weighted by Gasteiger charge is 2.18. The van der Waals surface area contributed by atoms with Crippen LogP contribution < -0.4 is 4.74 Å². The Bertz CT molecular complexity index is 658. The van der Waals surface area contributed by atoms with E-state index in [9.17, 15) is 9.18 Å². The largest absolute Gasteiger partial charge is 0.497 e. The van der Waals surface area contributed by atoms with Gasteiger partial charge in [-0.2, -0.15) is 0 Å². The zero-order valence-electron chi connectivity index (χ0n) is 12.5. The second-order valence-electron chi connectivity index (χ2n) is 4.79. The second-order valence-corrected chi connectivity index (χ2v) is 5.71. The highest BCUT2D eigenvalue weighted by atomic mass is 79.9. The molecule has 0 saturated carbocycles. The van der Waals surface area contributed by atoms with Gasteiger partial charge in [0.25, 0.3) is 5.91 Å². The molecule has 0 aliphatic heterocycles. The highest BCUT2D eigenvalue weighted by molar-refractivity contribution is 9.10. The Labute approximate surface area is 137 Å². The summed E-state index contributed by atoms with van der Waals surface area (Å²) in [6.07, 6.45) is 0. The Balaban J connectivity index is 2.19. The van der Waals surface area contributed by atoms with Crippen molar-refractivity contribution in [3.63, 3.8) is 0 Å². The maximum Gasteiger partial charge on any atom is 0.257 e. The summed E-state index contributed by atoms with van der Waals surface area (Å²) in [6, 6.07) is 11.8. The van der Waals surface area contributed by atoms with Crippen LogP contribution in [0.1, 0.15) is 22.8 Å². The first-order valence-corrected chi connectivity index (χ1v) is 7.71. The maximum atomic E-state index is 13.9. The van der Waals surface area contributed by atoms with Crippen LogP contribution in [-0.4, -0.2) is 24.5 Å². The Morgan fingerprint density at radius 2 is 1.91 bits per heavy atom. The minimum absolute atomic E-state index is 0.0738. The molecule has 0 bridgehead atoms. The van der Waals surface area contributed by atoms with E-state index >= 15 is 0 Å². The summed E-state index contributed by atoms with van der Waals surface area (Å²) in [5.74, 6) is -0.0744. The molecule has 116 valence electrons. The molecular weight excluding hydrogens is 349 g/mol. The van der Waals surface area contributed by atoms with Crippen LogP contribution in [0.2, 0.25) is 0 Å². The topological polar surface area (TPSA) is 29.5 Å². The van der Waals surface area contributed by atoms with Gasteiger partial charge in [0.2, 0.25) is 0 Å². The van der Waals surface area contributed by atoms with Gasteiger partial charge in [-0.15, -0.1) is 0 Å². The van der Waals surface area contributed by atoms with Crippen molar-refractivity contribution in [2.24, 2.45) is 0 Å². The second kappa shape index (κ2) is 7.40. The van der Waals surface area contributed by atoms with E-state index in [1.165, 1.54) is 12.1 Å². The maximum absolute atomic E-state index is 13.9. The number of hydrogen-bond donors (Lipinski definition) is 0. The van der Waals surface area contributed by atoms with Crippen LogP contribution in [0.3, 0.4) is 0 Å². The summed E-state index contributed by atoms with van der Waals surface area (Å²) < 4.78 is 19.7. The van der Waals surface area contributed by atoms with Crippen LogP contribution in [0, 0.1) is 5.82 Å². The van der Waals surface area contributed by atoms with Crippen LogP contribution in [-0.2, 0) is 6.54 Å². The number of benzene rings is 2. The molecule has 0 fully saturated rings. The Kier molecular flexibility index (Phi) is 5.55. The van der Waals surface area contributed by atoms with Crippen molar-refractivity contribution in [3.05, 3.63) is 63.9 Å². The molecule has 2 aromatic carbocycles. The van der Waals surface area contributed by atoms with E-state index in [0.717, 1.165) is 11.3 Å². The summed E-state index contributed by atoms with van der Waals surface area (Å²) in [4.78, 5) is 14.1. The van der Waals surface area contributed by atoms with E-state index in [0.29, 0.717) is 17.6 Å². The zero-order valence-corrected chi connectivity index (χ0v) is 14.1. The molecule has 0 saturated heterocycles. The standard InChI is InChI=1S/C17H17BrFNO2/c1-3-20(11-12-4-7-14(22-2)8-5-12)17(21)15-10-13(18)6-9-16(15)19/h4-10H,3,11H2,1-2H3. The van der Waals surface area contributed by atoms with Crippen LogP contribution in [0.5, 0.6) is 5.75 Å². The molecule has 3 nitrogen and oxygen atoms in total. The summed E-state index contributed by atoms with van der Waals surface area (Å²) in [5.41, 5.74) is 1.04. The van der Waals surface area contributed by atoms with Gasteiger partial charge in [-0.25, -0.2) is 4.39 Å². The lowest BCUT2D eigenvalue weighted by Crippen LogP contribution is -2.31. The van der Waals surface area contributed by atoms with E-state index in [1.54, 1.807) is 18.1 Å². The van der Waals surface area contributed by atoms with Gasteiger partial charge in [0.05, 0.1) is 12.7 Å². The van der Waals surface area contributed by atoms with Gasteiger partial charge >= 0.3 is 0 Å². The summed E-state index contributed by atoms with van der Waals surface area (Å²) in [7, 11) is 1.60. The third-order valence-corrected chi connectivity index (χ3v) is 3.85. The molecule has 0 N–H and O–H groups in total. The lowest BCUT2D eigenvalue weighted by Gasteiger charge is -2.21. The molecule has 2 rings (SSSR count). The summed E-state index contributed by atoms with van der Waals surface area (Å²) >= 11 is 3.27. The van der Waals surface area contributed by atoms with Crippen LogP contribution >= 0.6 is 15.9 Å². The number of nitrogens with zero attached hydrogens (tertiary/aromatic N) is 1. The zero-order chi connectivity index (χ0) is 16.1. The minimum atomic E-state index is -0.513. The lowest BCUT2D eigenvalue weighted by molar-refractivity contribution is 0.0748. The number of methoxy groups -OCH3 is 1. The number of carbonyl (C=O) groups is 1. The summed E-state index contributed by atoms with van der Waals surface area (Å²) in [6.45, 7) is 2.79. The van der Waals surface area contributed by atoms with Gasteiger partial charge in [-0.1, -0.05) is 28.1 Å². The molecule has 0 spiro atoms. The lowest BCUT2D eigenvalue weighted by atomic mass is 10.1. The van der Waals surface area contributed by atoms with Crippen molar-refractivity contribution in [2.75, 3.05) is 13.7 Å². The Hall–Kier alpha value is -1.88. The van der Waals surface area contributed by atoms with Crippen molar-refractivity contribution in [3.8, 4) is 5.75 Å². The molecule has 0 heterocycles. The first-order valence-electron chi connectivity index (χ1n) is 6.92. The number of hydrogen-bond acceptors (Lipinski definition) is 2. The SMILES string of the molecule is CCN(Cc1ccc(OC)cc1)C(=O)c1cc(Br)ccc1F. The fourth-order valence-electron chi connectivity index (χ4n) is 2.11. The number of ether oxygens (including phenoxy) is 1. The van der Waals surface area contributed by atoms with Gasteiger partial charge in [0.15, 0.2) is 0 Å². The fraction of sp³-hybridized carbons (Fsp3) is 0.235. The molecule has 1 amide bonds. The number of halogens is 2. The predicted octanol–water partition coefficient (Wildman–Crippen LogP) is 4.26. The van der Waals surface area contributed by atoms with Crippen LogP contribution in [0.15, 0.2) is 46.9 Å². The predicted molar refractivity (Wildman–Crippen MR) is 87.5 cm³/mol. The Morgan fingerprint density at radius 3 is 2.50 bits per heavy atom. The van der Waals surface area contributed by atoms with Crippen molar-refractivity contribution in [1.82, 2.24) is 4.90 Å². The molecule has 2 aromatic rings. The van der Waals surface area contributed by atoms with E-state index in [4.69, 9.17) is 4.74 Å². The van der Waals surface area contributed by atoms with Gasteiger partial charge in [-0.05, 0) is 42.8 Å². The van der Waals surface area contributed by atoms with Crippen molar-refractivity contribution < 1.29 is 13.9 Å². The van der Waals surface area contributed by atoms with E-state index < -0.39 is 5.82 Å². The average molecular weight is 366 g/mol. The normalized spacial score (nSPS) is 10.4. The molecule has 0 aliphatic rings.